The van der Waals surface area contributed by atoms with Crippen molar-refractivity contribution in [2.45, 2.75) is 30.7 Å². The predicted molar refractivity (Wildman–Crippen MR) is 107 cm³/mol. The Morgan fingerprint density at radius 1 is 1.00 bits per heavy atom. The first-order chi connectivity index (χ1) is 12.8. The summed E-state index contributed by atoms with van der Waals surface area (Å²) in [5.41, 5.74) is 1.89. The lowest BCUT2D eigenvalue weighted by atomic mass is 10.2. The number of sulfonamides is 1. The molecule has 5 nitrogen and oxygen atoms in total. The SMILES string of the molecule is Cc1ccc(/C=C/S(=O)(=O)N2CCCC2CS(=O)(=O)c2ccccc2)cc1. The largest absolute Gasteiger partial charge is 0.236 e. The van der Waals surface area contributed by atoms with Gasteiger partial charge in [0.25, 0.3) is 0 Å². The van der Waals surface area contributed by atoms with Crippen LogP contribution in [0.15, 0.2) is 64.9 Å². The third kappa shape index (κ3) is 4.86. The maximum Gasteiger partial charge on any atom is 0.236 e. The molecule has 2 aromatic carbocycles. The second-order valence-electron chi connectivity index (χ2n) is 6.76. The first-order valence-electron chi connectivity index (χ1n) is 8.82. The number of hydrogen-bond donors (Lipinski definition) is 0. The van der Waals surface area contributed by atoms with Crippen LogP contribution >= 0.6 is 0 Å². The van der Waals surface area contributed by atoms with E-state index in [0.717, 1.165) is 11.1 Å². The van der Waals surface area contributed by atoms with Gasteiger partial charge >= 0.3 is 0 Å². The standard InChI is InChI=1S/C20H23NO4S2/c1-17-9-11-18(12-10-17)13-15-27(24,25)21-14-5-6-19(21)16-26(22,23)20-7-3-2-4-8-20/h2-4,7-13,15,19H,5-6,14,16H2,1H3/b15-13+. The van der Waals surface area contributed by atoms with E-state index in [0.29, 0.717) is 19.4 Å². The molecule has 3 rings (SSSR count). The molecule has 1 atom stereocenters. The first kappa shape index (κ1) is 19.8. The molecule has 1 heterocycles. The molecule has 0 spiro atoms. The highest BCUT2D eigenvalue weighted by Gasteiger charge is 2.36. The number of aryl methyl sites for hydroxylation is 1. The summed E-state index contributed by atoms with van der Waals surface area (Å²) in [7, 11) is -7.22. The average molecular weight is 406 g/mol. The van der Waals surface area contributed by atoms with Gasteiger partial charge in [0.05, 0.1) is 10.6 Å². The number of hydrogen-bond acceptors (Lipinski definition) is 4. The Hall–Kier alpha value is -1.96. The molecule has 0 aliphatic carbocycles. The van der Waals surface area contributed by atoms with Gasteiger partial charge in [-0.3, -0.25) is 0 Å². The molecule has 1 aliphatic heterocycles. The van der Waals surface area contributed by atoms with Gasteiger partial charge < -0.3 is 0 Å². The molecule has 0 N–H and O–H groups in total. The Morgan fingerprint density at radius 2 is 1.67 bits per heavy atom. The first-order valence-corrected chi connectivity index (χ1v) is 12.0. The summed E-state index contributed by atoms with van der Waals surface area (Å²) in [5, 5.41) is 1.17. The lowest BCUT2D eigenvalue weighted by Crippen LogP contribution is -2.38. The van der Waals surface area contributed by atoms with Gasteiger partial charge in [0, 0.05) is 18.0 Å². The van der Waals surface area contributed by atoms with Gasteiger partial charge in [0.1, 0.15) is 0 Å². The van der Waals surface area contributed by atoms with E-state index in [1.54, 1.807) is 36.4 Å². The molecule has 1 unspecified atom stereocenters. The van der Waals surface area contributed by atoms with Crippen LogP contribution in [0.4, 0.5) is 0 Å². The third-order valence-electron chi connectivity index (χ3n) is 4.67. The van der Waals surface area contributed by atoms with E-state index in [2.05, 4.69) is 0 Å². The summed E-state index contributed by atoms with van der Waals surface area (Å²) >= 11 is 0. The van der Waals surface area contributed by atoms with Gasteiger partial charge in [-0.2, -0.15) is 4.31 Å². The minimum atomic E-state index is -3.68. The van der Waals surface area contributed by atoms with Gasteiger partial charge in [-0.1, -0.05) is 48.0 Å². The normalized spacial score (nSPS) is 18.9. The molecule has 2 aromatic rings. The molecule has 1 saturated heterocycles. The zero-order valence-corrected chi connectivity index (χ0v) is 16.8. The molecule has 1 fully saturated rings. The lowest BCUT2D eigenvalue weighted by molar-refractivity contribution is 0.414. The number of sulfone groups is 1. The molecule has 27 heavy (non-hydrogen) atoms. The monoisotopic (exact) mass is 405 g/mol. The van der Waals surface area contributed by atoms with Crippen molar-refractivity contribution in [3.8, 4) is 0 Å². The molecule has 0 bridgehead atoms. The molecule has 0 amide bonds. The lowest BCUT2D eigenvalue weighted by Gasteiger charge is -2.22. The fourth-order valence-corrected chi connectivity index (χ4v) is 6.38. The summed E-state index contributed by atoms with van der Waals surface area (Å²) in [5.74, 6) is -0.200. The maximum absolute atomic E-state index is 12.8. The van der Waals surface area contributed by atoms with Crippen LogP contribution in [0.2, 0.25) is 0 Å². The Morgan fingerprint density at radius 3 is 2.33 bits per heavy atom. The van der Waals surface area contributed by atoms with Crippen molar-refractivity contribution in [2.24, 2.45) is 0 Å². The summed E-state index contributed by atoms with van der Waals surface area (Å²) < 4.78 is 52.1. The van der Waals surface area contributed by atoms with Crippen LogP contribution in [0.3, 0.4) is 0 Å². The second kappa shape index (κ2) is 7.96. The fraction of sp³-hybridized carbons (Fsp3) is 0.300. The third-order valence-corrected chi connectivity index (χ3v) is 8.10. The minimum Gasteiger partial charge on any atom is -0.224 e. The predicted octanol–water partition coefficient (Wildman–Crippen LogP) is 3.23. The summed E-state index contributed by atoms with van der Waals surface area (Å²) in [6.45, 7) is 2.31. The fourth-order valence-electron chi connectivity index (χ4n) is 3.21. The van der Waals surface area contributed by atoms with E-state index in [-0.39, 0.29) is 10.6 Å². The smallest absolute Gasteiger partial charge is 0.224 e. The average Bonchev–Trinajstić information content (AvgIpc) is 3.10. The van der Waals surface area contributed by atoms with E-state index in [1.165, 1.54) is 9.71 Å². The highest BCUT2D eigenvalue weighted by atomic mass is 32.2. The summed E-state index contributed by atoms with van der Waals surface area (Å²) in [4.78, 5) is 0.226. The highest BCUT2D eigenvalue weighted by molar-refractivity contribution is 7.92. The highest BCUT2D eigenvalue weighted by Crippen LogP contribution is 2.25. The molecular weight excluding hydrogens is 382 g/mol. The van der Waals surface area contributed by atoms with Crippen molar-refractivity contribution in [1.29, 1.82) is 0 Å². The van der Waals surface area contributed by atoms with Gasteiger partial charge in [0.15, 0.2) is 9.84 Å². The quantitative estimate of drug-likeness (QED) is 0.740. The maximum atomic E-state index is 12.8. The number of benzene rings is 2. The Kier molecular flexibility index (Phi) is 5.83. The van der Waals surface area contributed by atoms with Crippen LogP contribution in [0, 0.1) is 6.92 Å². The molecule has 1 aliphatic rings. The van der Waals surface area contributed by atoms with Crippen molar-refractivity contribution in [1.82, 2.24) is 4.31 Å². The van der Waals surface area contributed by atoms with E-state index in [9.17, 15) is 16.8 Å². The van der Waals surface area contributed by atoms with Crippen LogP contribution in [0.1, 0.15) is 24.0 Å². The zero-order valence-electron chi connectivity index (χ0n) is 15.2. The molecule has 0 radical (unpaired) electrons. The van der Waals surface area contributed by atoms with E-state index >= 15 is 0 Å². The Bertz CT molecular complexity index is 1010. The van der Waals surface area contributed by atoms with Gasteiger partial charge in [-0.15, -0.1) is 0 Å². The van der Waals surface area contributed by atoms with E-state index in [4.69, 9.17) is 0 Å². The van der Waals surface area contributed by atoms with E-state index in [1.807, 2.05) is 31.2 Å². The summed E-state index contributed by atoms with van der Waals surface area (Å²) in [6, 6.07) is 15.2. The number of nitrogens with zero attached hydrogens (tertiary/aromatic N) is 1. The number of rotatable bonds is 6. The van der Waals surface area contributed by atoms with Gasteiger partial charge in [0.2, 0.25) is 10.0 Å². The minimum absolute atomic E-state index is 0.200. The van der Waals surface area contributed by atoms with Crippen LogP contribution in [-0.2, 0) is 19.9 Å². The van der Waals surface area contributed by atoms with Crippen molar-refractivity contribution < 1.29 is 16.8 Å². The van der Waals surface area contributed by atoms with Gasteiger partial charge in [-0.25, -0.2) is 16.8 Å². The Labute approximate surface area is 161 Å². The van der Waals surface area contributed by atoms with Gasteiger partial charge in [-0.05, 0) is 43.5 Å². The van der Waals surface area contributed by atoms with Crippen molar-refractivity contribution in [3.63, 3.8) is 0 Å². The van der Waals surface area contributed by atoms with Crippen molar-refractivity contribution in [3.05, 3.63) is 71.1 Å². The van der Waals surface area contributed by atoms with Crippen LogP contribution in [0.25, 0.3) is 6.08 Å². The molecule has 7 heteroatoms. The molecular formula is C20H23NO4S2. The van der Waals surface area contributed by atoms with E-state index < -0.39 is 25.9 Å². The van der Waals surface area contributed by atoms with Crippen molar-refractivity contribution >= 4 is 25.9 Å². The summed E-state index contributed by atoms with van der Waals surface area (Å²) in [6.07, 6.45) is 2.76. The Balaban J connectivity index is 1.78. The zero-order chi connectivity index (χ0) is 19.5. The second-order valence-corrected chi connectivity index (χ2v) is 10.6. The van der Waals surface area contributed by atoms with Crippen molar-refractivity contribution in [2.75, 3.05) is 12.3 Å². The van der Waals surface area contributed by atoms with Crippen LogP contribution in [-0.4, -0.2) is 39.5 Å². The molecule has 0 saturated carbocycles. The van der Waals surface area contributed by atoms with Crippen LogP contribution in [0.5, 0.6) is 0 Å². The molecule has 144 valence electrons. The van der Waals surface area contributed by atoms with Crippen LogP contribution < -0.4 is 0 Å². The molecule has 0 aromatic heterocycles. The topological polar surface area (TPSA) is 71.5 Å².